The third-order valence-corrected chi connectivity index (χ3v) is 7.36. The highest BCUT2D eigenvalue weighted by Crippen LogP contribution is 2.27. The second kappa shape index (κ2) is 6.41. The number of piperazine rings is 1. The van der Waals surface area contributed by atoms with Gasteiger partial charge in [0.2, 0.25) is 0 Å². The van der Waals surface area contributed by atoms with E-state index >= 15 is 0 Å². The molecule has 8 heteroatoms. The summed E-state index contributed by atoms with van der Waals surface area (Å²) in [4.78, 5) is 19.0. The minimum atomic E-state index is -3.09. The van der Waals surface area contributed by atoms with Crippen molar-refractivity contribution in [1.82, 2.24) is 14.7 Å². The third kappa shape index (κ3) is 3.35. The first-order valence-electron chi connectivity index (χ1n) is 8.96. The average molecular weight is 367 g/mol. The van der Waals surface area contributed by atoms with Gasteiger partial charge in [0.1, 0.15) is 5.76 Å². The highest BCUT2D eigenvalue weighted by molar-refractivity contribution is 7.91. The summed E-state index contributed by atoms with van der Waals surface area (Å²) in [6, 6.07) is 3.21. The normalized spacial score (nSPS) is 29.9. The molecule has 3 saturated heterocycles. The molecule has 0 saturated carbocycles. The maximum Gasteiger partial charge on any atom is 0.289 e. The van der Waals surface area contributed by atoms with E-state index in [2.05, 4.69) is 9.80 Å². The van der Waals surface area contributed by atoms with Crippen LogP contribution in [-0.2, 0) is 16.4 Å². The fourth-order valence-electron chi connectivity index (χ4n) is 4.26. The van der Waals surface area contributed by atoms with E-state index in [0.29, 0.717) is 18.8 Å². The Morgan fingerprint density at radius 3 is 2.60 bits per heavy atom. The molecule has 0 aliphatic carbocycles. The van der Waals surface area contributed by atoms with E-state index in [0.717, 1.165) is 25.4 Å². The Hall–Kier alpha value is -1.38. The zero-order valence-corrected chi connectivity index (χ0v) is 15.4. The molecular formula is C17H25N3O4S. The number of carbonyl (C=O) groups is 1. The molecule has 0 radical (unpaired) electrons. The summed E-state index contributed by atoms with van der Waals surface area (Å²) in [5.74, 6) is 1.12. The molecule has 0 aromatic carbocycles. The number of furan rings is 1. The Balaban J connectivity index is 1.49. The first kappa shape index (κ1) is 17.1. The van der Waals surface area contributed by atoms with Crippen LogP contribution in [0.4, 0.5) is 0 Å². The van der Waals surface area contributed by atoms with E-state index in [1.54, 1.807) is 11.0 Å². The first-order valence-corrected chi connectivity index (χ1v) is 10.8. The average Bonchev–Trinajstić information content (AvgIpc) is 3.27. The van der Waals surface area contributed by atoms with Gasteiger partial charge in [0, 0.05) is 19.1 Å². The highest BCUT2D eigenvalue weighted by Gasteiger charge is 2.47. The molecule has 4 rings (SSSR count). The van der Waals surface area contributed by atoms with Gasteiger partial charge in [-0.2, -0.15) is 0 Å². The fourth-order valence-corrected chi connectivity index (χ4v) is 6.31. The van der Waals surface area contributed by atoms with Crippen LogP contribution in [0.2, 0.25) is 0 Å². The van der Waals surface area contributed by atoms with Crippen molar-refractivity contribution in [2.45, 2.75) is 31.5 Å². The number of amides is 1. The number of carbonyl (C=O) groups excluding carboxylic acids is 1. The topological polar surface area (TPSA) is 74.1 Å². The fraction of sp³-hybridized carbons (Fsp3) is 0.706. The number of hydrogen-bond acceptors (Lipinski definition) is 6. The lowest BCUT2D eigenvalue weighted by Crippen LogP contribution is -2.59. The zero-order valence-electron chi connectivity index (χ0n) is 14.6. The van der Waals surface area contributed by atoms with Crippen molar-refractivity contribution in [3.05, 3.63) is 23.7 Å². The summed E-state index contributed by atoms with van der Waals surface area (Å²) < 4.78 is 29.9. The Bertz CT molecular complexity index is 754. The number of hydrogen-bond donors (Lipinski definition) is 0. The van der Waals surface area contributed by atoms with Crippen molar-refractivity contribution in [2.24, 2.45) is 0 Å². The van der Waals surface area contributed by atoms with Crippen molar-refractivity contribution in [1.29, 1.82) is 0 Å². The van der Waals surface area contributed by atoms with Crippen molar-refractivity contribution in [2.75, 3.05) is 44.7 Å². The lowest BCUT2D eigenvalue weighted by molar-refractivity contribution is 0.0380. The van der Waals surface area contributed by atoms with Crippen LogP contribution < -0.4 is 0 Å². The van der Waals surface area contributed by atoms with E-state index in [1.807, 2.05) is 13.1 Å². The molecule has 2 atom stereocenters. The van der Waals surface area contributed by atoms with Crippen molar-refractivity contribution in [3.8, 4) is 0 Å². The highest BCUT2D eigenvalue weighted by atomic mass is 32.2. The molecule has 0 spiro atoms. The van der Waals surface area contributed by atoms with E-state index in [9.17, 15) is 13.2 Å². The maximum absolute atomic E-state index is 12.9. The van der Waals surface area contributed by atoms with Gasteiger partial charge in [-0.3, -0.25) is 14.6 Å². The molecule has 4 heterocycles. The van der Waals surface area contributed by atoms with Gasteiger partial charge in [0.25, 0.3) is 5.91 Å². The molecule has 1 aromatic rings. The SMILES string of the molecule is CN1CCN(C(=O)c2ccc(CN3CCCC3)o2)[C@H]2CS(=O)(=O)C[C@H]21. The quantitative estimate of drug-likeness (QED) is 0.771. The monoisotopic (exact) mass is 367 g/mol. The van der Waals surface area contributed by atoms with Crippen LogP contribution >= 0.6 is 0 Å². The molecule has 3 aliphatic rings. The molecule has 7 nitrogen and oxygen atoms in total. The second-order valence-electron chi connectivity index (χ2n) is 7.44. The van der Waals surface area contributed by atoms with Crippen LogP contribution in [-0.4, -0.2) is 85.8 Å². The maximum atomic E-state index is 12.9. The van der Waals surface area contributed by atoms with Crippen molar-refractivity contribution in [3.63, 3.8) is 0 Å². The Labute approximate surface area is 148 Å². The molecule has 138 valence electrons. The van der Waals surface area contributed by atoms with Crippen molar-refractivity contribution >= 4 is 15.7 Å². The lowest BCUT2D eigenvalue weighted by Gasteiger charge is -2.41. The number of sulfone groups is 1. The predicted octanol–water partition coefficient (Wildman–Crippen LogP) is 0.429. The standard InChI is InChI=1S/C17H25N3O4S/c1-18-8-9-20(15-12-25(22,23)11-14(15)18)17(21)16-5-4-13(24-16)10-19-6-2-3-7-19/h4-5,14-15H,2-3,6-12H2,1H3/t14-,15+/m1/s1. The minimum Gasteiger partial charge on any atom is -0.455 e. The van der Waals surface area contributed by atoms with Gasteiger partial charge in [-0.15, -0.1) is 0 Å². The molecule has 0 bridgehead atoms. The lowest BCUT2D eigenvalue weighted by atomic mass is 10.1. The largest absolute Gasteiger partial charge is 0.455 e. The molecule has 3 fully saturated rings. The van der Waals surface area contributed by atoms with E-state index in [1.165, 1.54) is 12.8 Å². The van der Waals surface area contributed by atoms with Gasteiger partial charge in [-0.25, -0.2) is 8.42 Å². The Kier molecular flexibility index (Phi) is 4.37. The summed E-state index contributed by atoms with van der Waals surface area (Å²) in [6.45, 7) is 4.10. The molecule has 1 aromatic heterocycles. The summed E-state index contributed by atoms with van der Waals surface area (Å²) in [5.41, 5.74) is 0. The van der Waals surface area contributed by atoms with Crippen LogP contribution in [0.1, 0.15) is 29.2 Å². The molecule has 0 unspecified atom stereocenters. The third-order valence-electron chi connectivity index (χ3n) is 5.67. The predicted molar refractivity (Wildman–Crippen MR) is 93.1 cm³/mol. The van der Waals surface area contributed by atoms with Gasteiger partial charge in [0.05, 0.1) is 24.1 Å². The van der Waals surface area contributed by atoms with E-state index < -0.39 is 9.84 Å². The number of fused-ring (bicyclic) bond motifs is 1. The Morgan fingerprint density at radius 1 is 1.12 bits per heavy atom. The summed E-state index contributed by atoms with van der Waals surface area (Å²) in [6.07, 6.45) is 2.43. The summed E-state index contributed by atoms with van der Waals surface area (Å²) >= 11 is 0. The van der Waals surface area contributed by atoms with Crippen LogP contribution in [0.25, 0.3) is 0 Å². The van der Waals surface area contributed by atoms with Crippen LogP contribution in [0.3, 0.4) is 0 Å². The molecule has 3 aliphatic heterocycles. The van der Waals surface area contributed by atoms with Gasteiger partial charge in [0.15, 0.2) is 15.6 Å². The number of likely N-dealkylation sites (N-methyl/N-ethyl adjacent to an activating group) is 1. The summed E-state index contributed by atoms with van der Waals surface area (Å²) in [7, 11) is -1.16. The van der Waals surface area contributed by atoms with Gasteiger partial charge >= 0.3 is 0 Å². The molecule has 1 amide bonds. The minimum absolute atomic E-state index is 0.0507. The molecular weight excluding hydrogens is 342 g/mol. The number of nitrogens with zero attached hydrogens (tertiary/aromatic N) is 3. The van der Waals surface area contributed by atoms with E-state index in [4.69, 9.17) is 4.42 Å². The van der Waals surface area contributed by atoms with Crippen LogP contribution in [0, 0.1) is 0 Å². The number of likely N-dealkylation sites (tertiary alicyclic amines) is 1. The van der Waals surface area contributed by atoms with Gasteiger partial charge in [-0.1, -0.05) is 0 Å². The van der Waals surface area contributed by atoms with Gasteiger partial charge < -0.3 is 9.32 Å². The number of rotatable bonds is 3. The van der Waals surface area contributed by atoms with E-state index in [-0.39, 0.29) is 29.5 Å². The smallest absolute Gasteiger partial charge is 0.289 e. The van der Waals surface area contributed by atoms with Crippen LogP contribution in [0.5, 0.6) is 0 Å². The first-order chi connectivity index (χ1) is 11.9. The second-order valence-corrected chi connectivity index (χ2v) is 9.59. The molecule has 25 heavy (non-hydrogen) atoms. The van der Waals surface area contributed by atoms with Crippen LogP contribution in [0.15, 0.2) is 16.5 Å². The summed E-state index contributed by atoms with van der Waals surface area (Å²) in [5, 5.41) is 0. The van der Waals surface area contributed by atoms with Crippen molar-refractivity contribution < 1.29 is 17.6 Å². The molecule has 0 N–H and O–H groups in total. The Morgan fingerprint density at radius 2 is 1.84 bits per heavy atom. The van der Waals surface area contributed by atoms with Gasteiger partial charge in [-0.05, 0) is 45.1 Å². The zero-order chi connectivity index (χ0) is 17.6.